The molecule has 1 aromatic carbocycles. The average molecular weight is 262 g/mol. The number of amides is 1. The largest absolute Gasteiger partial charge is 0.330 e. The van der Waals surface area contributed by atoms with E-state index >= 15 is 0 Å². The highest BCUT2D eigenvalue weighted by Gasteiger charge is 2.15. The van der Waals surface area contributed by atoms with Gasteiger partial charge in [-0.3, -0.25) is 4.79 Å². The summed E-state index contributed by atoms with van der Waals surface area (Å²) in [5.74, 6) is 0.501. The van der Waals surface area contributed by atoms with E-state index in [9.17, 15) is 4.79 Å². The van der Waals surface area contributed by atoms with Crippen molar-refractivity contribution in [3.05, 3.63) is 29.8 Å². The van der Waals surface area contributed by atoms with Crippen molar-refractivity contribution in [3.63, 3.8) is 0 Å². The van der Waals surface area contributed by atoms with E-state index in [-0.39, 0.29) is 11.8 Å². The Balaban J connectivity index is 2.64. The standard InChI is InChI=1S/C16H26N2O/c1-4-6-14(11-17)16(19)18-15-9-7-13(8-10-15)12(3)5-2/h7-10,12,14H,4-6,11,17H2,1-3H3,(H,18,19). The highest BCUT2D eigenvalue weighted by atomic mass is 16.1. The maximum Gasteiger partial charge on any atom is 0.228 e. The highest BCUT2D eigenvalue weighted by molar-refractivity contribution is 5.92. The average Bonchev–Trinajstić information content (AvgIpc) is 2.44. The Morgan fingerprint density at radius 2 is 1.89 bits per heavy atom. The second kappa shape index (κ2) is 7.95. The molecule has 3 nitrogen and oxygen atoms in total. The van der Waals surface area contributed by atoms with Crippen molar-refractivity contribution in [2.45, 2.75) is 46.0 Å². The SMILES string of the molecule is CCCC(CN)C(=O)Nc1ccc(C(C)CC)cc1. The van der Waals surface area contributed by atoms with Crippen LogP contribution in [0, 0.1) is 5.92 Å². The van der Waals surface area contributed by atoms with Gasteiger partial charge in [-0.2, -0.15) is 0 Å². The molecule has 1 amide bonds. The summed E-state index contributed by atoms with van der Waals surface area (Å²) in [6.07, 6.45) is 2.94. The fraction of sp³-hybridized carbons (Fsp3) is 0.562. The molecule has 0 heterocycles. The Kier molecular flexibility index (Phi) is 6.57. The van der Waals surface area contributed by atoms with E-state index in [1.807, 2.05) is 12.1 Å². The van der Waals surface area contributed by atoms with Crippen molar-refractivity contribution in [2.75, 3.05) is 11.9 Å². The van der Waals surface area contributed by atoms with E-state index in [4.69, 9.17) is 5.73 Å². The topological polar surface area (TPSA) is 55.1 Å². The van der Waals surface area contributed by atoms with Gasteiger partial charge in [-0.25, -0.2) is 0 Å². The van der Waals surface area contributed by atoms with Gasteiger partial charge in [0.2, 0.25) is 5.91 Å². The minimum Gasteiger partial charge on any atom is -0.330 e. The first-order chi connectivity index (χ1) is 9.12. The second-order valence-corrected chi connectivity index (χ2v) is 5.14. The third-order valence-electron chi connectivity index (χ3n) is 3.65. The number of benzene rings is 1. The van der Waals surface area contributed by atoms with Gasteiger partial charge in [-0.1, -0.05) is 39.3 Å². The molecule has 2 atom stereocenters. The molecule has 106 valence electrons. The van der Waals surface area contributed by atoms with E-state index in [0.29, 0.717) is 12.5 Å². The maximum absolute atomic E-state index is 12.0. The van der Waals surface area contributed by atoms with Crippen LogP contribution in [0.4, 0.5) is 5.69 Å². The molecule has 0 spiro atoms. The van der Waals surface area contributed by atoms with Gasteiger partial charge in [0.1, 0.15) is 0 Å². The Morgan fingerprint density at radius 3 is 2.37 bits per heavy atom. The highest BCUT2D eigenvalue weighted by Crippen LogP contribution is 2.21. The summed E-state index contributed by atoms with van der Waals surface area (Å²) < 4.78 is 0. The van der Waals surface area contributed by atoms with Gasteiger partial charge in [0.15, 0.2) is 0 Å². The van der Waals surface area contributed by atoms with Crippen LogP contribution in [0.2, 0.25) is 0 Å². The molecular weight excluding hydrogens is 236 g/mol. The molecule has 0 aliphatic rings. The summed E-state index contributed by atoms with van der Waals surface area (Å²) >= 11 is 0. The number of nitrogens with two attached hydrogens (primary N) is 1. The Bertz CT molecular complexity index is 386. The number of carbonyl (C=O) groups excluding carboxylic acids is 1. The van der Waals surface area contributed by atoms with E-state index in [1.165, 1.54) is 5.56 Å². The summed E-state index contributed by atoms with van der Waals surface area (Å²) in [7, 11) is 0. The molecule has 1 rings (SSSR count). The summed E-state index contributed by atoms with van der Waals surface area (Å²) in [4.78, 5) is 12.0. The third-order valence-corrected chi connectivity index (χ3v) is 3.65. The predicted molar refractivity (Wildman–Crippen MR) is 81.2 cm³/mol. The van der Waals surface area contributed by atoms with Gasteiger partial charge in [-0.15, -0.1) is 0 Å². The lowest BCUT2D eigenvalue weighted by atomic mass is 9.98. The fourth-order valence-electron chi connectivity index (χ4n) is 2.08. The first-order valence-corrected chi connectivity index (χ1v) is 7.23. The molecule has 0 bridgehead atoms. The zero-order valence-electron chi connectivity index (χ0n) is 12.3. The maximum atomic E-state index is 12.0. The van der Waals surface area contributed by atoms with Gasteiger partial charge in [0, 0.05) is 12.2 Å². The minimum absolute atomic E-state index is 0.0284. The van der Waals surface area contributed by atoms with Gasteiger partial charge in [0.25, 0.3) is 0 Å². The molecule has 0 aliphatic carbocycles. The summed E-state index contributed by atoms with van der Waals surface area (Å²) in [5.41, 5.74) is 7.80. The van der Waals surface area contributed by atoms with Crippen LogP contribution in [-0.2, 0) is 4.79 Å². The molecule has 0 fully saturated rings. The molecule has 19 heavy (non-hydrogen) atoms. The van der Waals surface area contributed by atoms with Crippen LogP contribution in [-0.4, -0.2) is 12.5 Å². The van der Waals surface area contributed by atoms with Crippen molar-refractivity contribution >= 4 is 11.6 Å². The third kappa shape index (κ3) is 4.67. The molecule has 0 aromatic heterocycles. The molecule has 3 heteroatoms. The van der Waals surface area contributed by atoms with Gasteiger partial charge in [0.05, 0.1) is 5.92 Å². The van der Waals surface area contributed by atoms with E-state index in [1.54, 1.807) is 0 Å². The first kappa shape index (κ1) is 15.7. The number of nitrogens with one attached hydrogen (secondary N) is 1. The molecule has 0 saturated heterocycles. The predicted octanol–water partition coefficient (Wildman–Crippen LogP) is 3.51. The Hall–Kier alpha value is -1.35. The van der Waals surface area contributed by atoms with Gasteiger partial charge in [-0.05, 0) is 36.5 Å². The molecular formula is C16H26N2O. The van der Waals surface area contributed by atoms with Crippen molar-refractivity contribution in [3.8, 4) is 0 Å². The summed E-state index contributed by atoms with van der Waals surface area (Å²) in [5, 5.41) is 2.94. The number of carbonyl (C=O) groups is 1. The van der Waals surface area contributed by atoms with Crippen LogP contribution in [0.1, 0.15) is 51.5 Å². The lowest BCUT2D eigenvalue weighted by molar-refractivity contribution is -0.119. The van der Waals surface area contributed by atoms with Crippen molar-refractivity contribution in [1.29, 1.82) is 0 Å². The van der Waals surface area contributed by atoms with Crippen molar-refractivity contribution in [2.24, 2.45) is 11.7 Å². The van der Waals surface area contributed by atoms with Crippen LogP contribution in [0.15, 0.2) is 24.3 Å². The molecule has 2 unspecified atom stereocenters. The number of rotatable bonds is 7. The lowest BCUT2D eigenvalue weighted by Crippen LogP contribution is -2.29. The first-order valence-electron chi connectivity index (χ1n) is 7.23. The van der Waals surface area contributed by atoms with Crippen molar-refractivity contribution in [1.82, 2.24) is 0 Å². The molecule has 0 aliphatic heterocycles. The minimum atomic E-state index is -0.0840. The van der Waals surface area contributed by atoms with E-state index < -0.39 is 0 Å². The molecule has 0 radical (unpaired) electrons. The summed E-state index contributed by atoms with van der Waals surface area (Å²) in [6.45, 7) is 6.86. The molecule has 0 saturated carbocycles. The smallest absolute Gasteiger partial charge is 0.228 e. The van der Waals surface area contributed by atoms with Crippen LogP contribution < -0.4 is 11.1 Å². The second-order valence-electron chi connectivity index (χ2n) is 5.14. The number of anilines is 1. The number of hydrogen-bond acceptors (Lipinski definition) is 2. The quantitative estimate of drug-likeness (QED) is 0.790. The lowest BCUT2D eigenvalue weighted by Gasteiger charge is -2.15. The summed E-state index contributed by atoms with van der Waals surface area (Å²) in [6, 6.07) is 8.11. The monoisotopic (exact) mass is 262 g/mol. The van der Waals surface area contributed by atoms with E-state index in [0.717, 1.165) is 24.9 Å². The number of hydrogen-bond donors (Lipinski definition) is 2. The normalized spacial score (nSPS) is 13.9. The van der Waals surface area contributed by atoms with E-state index in [2.05, 4.69) is 38.2 Å². The van der Waals surface area contributed by atoms with Crippen LogP contribution in [0.5, 0.6) is 0 Å². The Morgan fingerprint density at radius 1 is 1.26 bits per heavy atom. The fourth-order valence-corrected chi connectivity index (χ4v) is 2.08. The molecule has 3 N–H and O–H groups in total. The van der Waals surface area contributed by atoms with Crippen molar-refractivity contribution < 1.29 is 4.79 Å². The van der Waals surface area contributed by atoms with Gasteiger partial charge < -0.3 is 11.1 Å². The zero-order chi connectivity index (χ0) is 14.3. The Labute approximate surface area is 116 Å². The van der Waals surface area contributed by atoms with Gasteiger partial charge >= 0.3 is 0 Å². The van der Waals surface area contributed by atoms with Crippen LogP contribution in [0.25, 0.3) is 0 Å². The molecule has 1 aromatic rings. The zero-order valence-corrected chi connectivity index (χ0v) is 12.3. The van der Waals surface area contributed by atoms with Crippen LogP contribution >= 0.6 is 0 Å². The van der Waals surface area contributed by atoms with Crippen LogP contribution in [0.3, 0.4) is 0 Å².